The minimum atomic E-state index is 0.739. The Morgan fingerprint density at radius 3 is 2.17 bits per heavy atom. The number of aromatic nitrogens is 4. The van der Waals surface area contributed by atoms with Crippen LogP contribution in [0.15, 0.2) is 60.7 Å². The van der Waals surface area contributed by atoms with Crippen LogP contribution in [0, 0.1) is 6.92 Å². The molecule has 0 spiro atoms. The first-order valence-corrected chi connectivity index (χ1v) is 5.82. The van der Waals surface area contributed by atoms with Gasteiger partial charge in [-0.05, 0) is 34.2 Å². The first-order valence-electron chi connectivity index (χ1n) is 5.82. The number of nitrogens with zero attached hydrogens (tertiary/aromatic N) is 4. The number of para-hydroxylation sites is 2. The number of tetrazole rings is 1. The highest BCUT2D eigenvalue weighted by molar-refractivity contribution is 5.28. The third-order valence-electron chi connectivity index (χ3n) is 2.63. The standard InChI is InChI=1S/C14H13N4/c1-12-15-17(13-8-4-2-5-9-13)18(16-12)14-10-6-3-7-11-14/h2-11H,1H3/q+1. The van der Waals surface area contributed by atoms with Crippen molar-refractivity contribution in [2.24, 2.45) is 0 Å². The molecule has 0 bridgehead atoms. The fourth-order valence-electron chi connectivity index (χ4n) is 1.84. The number of hydrogen-bond donors (Lipinski definition) is 0. The Balaban J connectivity index is 2.17. The van der Waals surface area contributed by atoms with Crippen LogP contribution in [0.4, 0.5) is 0 Å². The third kappa shape index (κ3) is 1.88. The van der Waals surface area contributed by atoms with Crippen LogP contribution in [-0.4, -0.2) is 15.0 Å². The van der Waals surface area contributed by atoms with Crippen LogP contribution in [0.3, 0.4) is 0 Å². The predicted molar refractivity (Wildman–Crippen MR) is 67.6 cm³/mol. The van der Waals surface area contributed by atoms with E-state index < -0.39 is 0 Å². The first kappa shape index (κ1) is 10.7. The second-order valence-corrected chi connectivity index (χ2v) is 4.00. The van der Waals surface area contributed by atoms with Crippen molar-refractivity contribution in [3.63, 3.8) is 0 Å². The molecule has 1 aromatic heterocycles. The summed E-state index contributed by atoms with van der Waals surface area (Å²) >= 11 is 0. The van der Waals surface area contributed by atoms with Gasteiger partial charge in [-0.3, -0.25) is 0 Å². The third-order valence-corrected chi connectivity index (χ3v) is 2.63. The highest BCUT2D eigenvalue weighted by atomic mass is 15.7. The molecule has 0 saturated carbocycles. The van der Waals surface area contributed by atoms with Gasteiger partial charge >= 0.3 is 5.82 Å². The molecule has 0 radical (unpaired) electrons. The molecule has 0 amide bonds. The molecule has 0 atom stereocenters. The van der Waals surface area contributed by atoms with Crippen molar-refractivity contribution in [1.82, 2.24) is 15.0 Å². The molecular formula is C14H13N4+. The van der Waals surface area contributed by atoms with E-state index in [1.807, 2.05) is 67.6 Å². The van der Waals surface area contributed by atoms with E-state index in [1.165, 1.54) is 0 Å². The zero-order valence-corrected chi connectivity index (χ0v) is 10.1. The van der Waals surface area contributed by atoms with Crippen molar-refractivity contribution in [3.8, 4) is 11.4 Å². The van der Waals surface area contributed by atoms with E-state index in [9.17, 15) is 0 Å². The average Bonchev–Trinajstić information content (AvgIpc) is 2.83. The number of aryl methyl sites for hydroxylation is 1. The molecule has 3 aromatic rings. The molecule has 88 valence electrons. The minimum absolute atomic E-state index is 0.739. The van der Waals surface area contributed by atoms with Crippen molar-refractivity contribution < 1.29 is 4.80 Å². The average molecular weight is 237 g/mol. The molecule has 0 aliphatic heterocycles. The zero-order valence-electron chi connectivity index (χ0n) is 10.1. The van der Waals surface area contributed by atoms with Crippen molar-refractivity contribution in [2.45, 2.75) is 6.92 Å². The van der Waals surface area contributed by atoms with Crippen LogP contribution in [0.1, 0.15) is 5.82 Å². The maximum Gasteiger partial charge on any atom is 0.306 e. The quantitative estimate of drug-likeness (QED) is 0.637. The molecule has 0 aliphatic carbocycles. The summed E-state index contributed by atoms with van der Waals surface area (Å²) in [6.07, 6.45) is 0. The molecule has 0 aliphatic rings. The van der Waals surface area contributed by atoms with E-state index >= 15 is 0 Å². The Bertz CT molecular complexity index is 587. The van der Waals surface area contributed by atoms with Crippen LogP contribution >= 0.6 is 0 Å². The van der Waals surface area contributed by atoms with Gasteiger partial charge in [-0.1, -0.05) is 36.4 Å². The van der Waals surface area contributed by atoms with E-state index in [1.54, 1.807) is 9.59 Å². The molecule has 3 rings (SSSR count). The van der Waals surface area contributed by atoms with Crippen LogP contribution < -0.4 is 4.80 Å². The van der Waals surface area contributed by atoms with Crippen molar-refractivity contribution in [2.75, 3.05) is 0 Å². The summed E-state index contributed by atoms with van der Waals surface area (Å²) in [4.78, 5) is 3.59. The first-order chi connectivity index (χ1) is 8.84. The molecule has 0 fully saturated rings. The van der Waals surface area contributed by atoms with Gasteiger partial charge < -0.3 is 0 Å². The summed E-state index contributed by atoms with van der Waals surface area (Å²) in [6, 6.07) is 20.0. The second kappa shape index (κ2) is 4.41. The Hall–Kier alpha value is -2.49. The van der Waals surface area contributed by atoms with Gasteiger partial charge in [0.25, 0.3) is 0 Å². The lowest BCUT2D eigenvalue weighted by Crippen LogP contribution is -2.43. The van der Waals surface area contributed by atoms with Crippen molar-refractivity contribution >= 4 is 0 Å². The Morgan fingerprint density at radius 2 is 1.50 bits per heavy atom. The lowest BCUT2D eigenvalue weighted by molar-refractivity contribution is -0.735. The SMILES string of the molecule is Cc1nn(-c2ccccc2)[n+](-c2ccccc2)n1. The van der Waals surface area contributed by atoms with Gasteiger partial charge in [0.2, 0.25) is 0 Å². The van der Waals surface area contributed by atoms with Crippen LogP contribution in [0.5, 0.6) is 0 Å². The fourth-order valence-corrected chi connectivity index (χ4v) is 1.84. The topological polar surface area (TPSA) is 34.6 Å². The van der Waals surface area contributed by atoms with Gasteiger partial charge in [0.15, 0.2) is 5.69 Å². The second-order valence-electron chi connectivity index (χ2n) is 4.00. The fraction of sp³-hybridized carbons (Fsp3) is 0.0714. The number of rotatable bonds is 2. The van der Waals surface area contributed by atoms with E-state index in [2.05, 4.69) is 10.2 Å². The van der Waals surface area contributed by atoms with Gasteiger partial charge in [0, 0.05) is 11.7 Å². The monoisotopic (exact) mass is 237 g/mol. The van der Waals surface area contributed by atoms with E-state index in [-0.39, 0.29) is 0 Å². The maximum absolute atomic E-state index is 4.43. The normalized spacial score (nSPS) is 10.5. The Labute approximate surface area is 105 Å². The molecule has 18 heavy (non-hydrogen) atoms. The van der Waals surface area contributed by atoms with E-state index in [0.717, 1.165) is 17.2 Å². The van der Waals surface area contributed by atoms with Crippen LogP contribution in [0.25, 0.3) is 11.4 Å². The zero-order chi connectivity index (χ0) is 12.4. The highest BCUT2D eigenvalue weighted by Gasteiger charge is 2.18. The van der Waals surface area contributed by atoms with Crippen molar-refractivity contribution in [3.05, 3.63) is 66.5 Å². The molecule has 0 unspecified atom stereocenters. The van der Waals surface area contributed by atoms with E-state index in [4.69, 9.17) is 0 Å². The van der Waals surface area contributed by atoms with Gasteiger partial charge in [0.1, 0.15) is 5.69 Å². The lowest BCUT2D eigenvalue weighted by Gasteiger charge is -1.98. The van der Waals surface area contributed by atoms with Crippen LogP contribution in [-0.2, 0) is 0 Å². The molecule has 0 N–H and O–H groups in total. The molecule has 0 saturated heterocycles. The summed E-state index contributed by atoms with van der Waals surface area (Å²) in [6.45, 7) is 1.89. The smallest absolute Gasteiger partial charge is 0.0621 e. The Morgan fingerprint density at radius 1 is 0.889 bits per heavy atom. The van der Waals surface area contributed by atoms with Crippen molar-refractivity contribution in [1.29, 1.82) is 0 Å². The molecule has 4 heteroatoms. The Kier molecular flexibility index (Phi) is 2.61. The molecule has 2 aromatic carbocycles. The minimum Gasteiger partial charge on any atom is -0.0621 e. The maximum atomic E-state index is 4.43. The highest BCUT2D eigenvalue weighted by Crippen LogP contribution is 2.04. The molecule has 1 heterocycles. The lowest BCUT2D eigenvalue weighted by atomic mass is 10.3. The molecule has 4 nitrogen and oxygen atoms in total. The van der Waals surface area contributed by atoms with Crippen LogP contribution in [0.2, 0.25) is 0 Å². The van der Waals surface area contributed by atoms with Gasteiger partial charge in [-0.15, -0.1) is 0 Å². The largest absolute Gasteiger partial charge is 0.306 e. The summed E-state index contributed by atoms with van der Waals surface area (Å²) in [5.74, 6) is 0.739. The van der Waals surface area contributed by atoms with Gasteiger partial charge in [0.05, 0.1) is 5.10 Å². The summed E-state index contributed by atoms with van der Waals surface area (Å²) < 4.78 is 0. The summed E-state index contributed by atoms with van der Waals surface area (Å²) in [7, 11) is 0. The van der Waals surface area contributed by atoms with Gasteiger partial charge in [-0.2, -0.15) is 0 Å². The summed E-state index contributed by atoms with van der Waals surface area (Å²) in [5, 5.41) is 8.85. The van der Waals surface area contributed by atoms with E-state index in [0.29, 0.717) is 0 Å². The summed E-state index contributed by atoms with van der Waals surface area (Å²) in [5.41, 5.74) is 1.98. The van der Waals surface area contributed by atoms with Gasteiger partial charge in [-0.25, -0.2) is 0 Å². The molecular weight excluding hydrogens is 224 g/mol. The number of benzene rings is 2. The number of hydrogen-bond acceptors (Lipinski definition) is 2. The predicted octanol–water partition coefficient (Wildman–Crippen LogP) is 1.85.